The van der Waals surface area contributed by atoms with E-state index in [1.165, 1.54) is 0 Å². The number of amides is 2. The Hall–Kier alpha value is -1.26. The van der Waals surface area contributed by atoms with E-state index in [0.717, 1.165) is 32.1 Å². The topological polar surface area (TPSA) is 58.2 Å². The Morgan fingerprint density at radius 2 is 1.67 bits per heavy atom. The summed E-state index contributed by atoms with van der Waals surface area (Å²) in [5, 5.41) is 6.79. The maximum atomic E-state index is 12.4. The van der Waals surface area contributed by atoms with E-state index in [-0.39, 0.29) is 29.7 Å². The van der Waals surface area contributed by atoms with Crippen LogP contribution in [0.25, 0.3) is 0 Å². The zero-order valence-corrected chi connectivity index (χ0v) is 15.6. The van der Waals surface area contributed by atoms with Crippen molar-refractivity contribution in [3.8, 4) is 0 Å². The van der Waals surface area contributed by atoms with Crippen LogP contribution >= 0.6 is 23.2 Å². The highest BCUT2D eigenvalue weighted by Crippen LogP contribution is 2.31. The molecule has 132 valence electrons. The largest absolute Gasteiger partial charge is 0.353 e. The second kappa shape index (κ2) is 8.72. The molecule has 0 heterocycles. The van der Waals surface area contributed by atoms with E-state index in [0.29, 0.717) is 15.7 Å². The van der Waals surface area contributed by atoms with Gasteiger partial charge in [0, 0.05) is 23.6 Å². The minimum atomic E-state index is -0.0629. The van der Waals surface area contributed by atoms with Crippen LogP contribution in [-0.4, -0.2) is 17.9 Å². The lowest BCUT2D eigenvalue weighted by atomic mass is 9.81. The van der Waals surface area contributed by atoms with E-state index in [1.54, 1.807) is 18.2 Å². The number of carbonyl (C=O) groups is 2. The van der Waals surface area contributed by atoms with Gasteiger partial charge in [-0.05, 0) is 57.2 Å². The summed E-state index contributed by atoms with van der Waals surface area (Å²) in [6, 6.07) is 5.24. The molecular formula is C18H24Cl2N2O2. The van der Waals surface area contributed by atoms with Crippen molar-refractivity contribution >= 4 is 40.7 Å². The molecule has 0 radical (unpaired) electrons. The van der Waals surface area contributed by atoms with Gasteiger partial charge in [0.15, 0.2) is 0 Å². The summed E-state index contributed by atoms with van der Waals surface area (Å²) in [5.74, 6) is 0.0574. The average Bonchev–Trinajstić information content (AvgIpc) is 2.58. The Bertz CT molecular complexity index is 599. The molecule has 2 rings (SSSR count). The summed E-state index contributed by atoms with van der Waals surface area (Å²) in [6.45, 7) is 4.06. The monoisotopic (exact) mass is 370 g/mol. The van der Waals surface area contributed by atoms with Crippen molar-refractivity contribution in [2.75, 3.05) is 5.32 Å². The smallest absolute Gasteiger partial charge is 0.227 e. The molecule has 1 aliphatic rings. The number of hydrogen-bond acceptors (Lipinski definition) is 2. The minimum Gasteiger partial charge on any atom is -0.353 e. The van der Waals surface area contributed by atoms with Crippen LogP contribution in [0.3, 0.4) is 0 Å². The van der Waals surface area contributed by atoms with Gasteiger partial charge in [-0.15, -0.1) is 0 Å². The van der Waals surface area contributed by atoms with Gasteiger partial charge >= 0.3 is 0 Å². The standard InChI is InChI=1S/C18H24Cl2N2O2/c1-3-11(2)21-17(23)12-4-6-13(7-5-12)18(24)22-14-8-9-15(19)16(20)10-14/h8-13H,3-7H2,1-2H3,(H,21,23)(H,22,24). The average molecular weight is 371 g/mol. The molecule has 2 N–H and O–H groups in total. The molecule has 4 nitrogen and oxygen atoms in total. The highest BCUT2D eigenvalue weighted by atomic mass is 35.5. The molecule has 0 saturated heterocycles. The molecule has 0 aromatic heterocycles. The lowest BCUT2D eigenvalue weighted by molar-refractivity contribution is -0.129. The Labute approximate surface area is 153 Å². The van der Waals surface area contributed by atoms with Crippen molar-refractivity contribution in [2.24, 2.45) is 11.8 Å². The molecular weight excluding hydrogens is 347 g/mol. The minimum absolute atomic E-state index is 0.0193. The molecule has 1 aromatic rings. The molecule has 1 aliphatic carbocycles. The molecule has 0 spiro atoms. The fourth-order valence-electron chi connectivity index (χ4n) is 2.90. The van der Waals surface area contributed by atoms with Crippen LogP contribution in [-0.2, 0) is 9.59 Å². The molecule has 1 fully saturated rings. The Morgan fingerprint density at radius 1 is 1.08 bits per heavy atom. The van der Waals surface area contributed by atoms with Crippen LogP contribution < -0.4 is 10.6 Å². The zero-order chi connectivity index (χ0) is 17.7. The summed E-state index contributed by atoms with van der Waals surface area (Å²) < 4.78 is 0. The summed E-state index contributed by atoms with van der Waals surface area (Å²) in [7, 11) is 0. The summed E-state index contributed by atoms with van der Waals surface area (Å²) >= 11 is 11.8. The quantitative estimate of drug-likeness (QED) is 0.791. The van der Waals surface area contributed by atoms with Crippen molar-refractivity contribution in [1.29, 1.82) is 0 Å². The van der Waals surface area contributed by atoms with Crippen molar-refractivity contribution in [1.82, 2.24) is 5.32 Å². The highest BCUT2D eigenvalue weighted by Gasteiger charge is 2.30. The number of carbonyl (C=O) groups excluding carboxylic acids is 2. The fraction of sp³-hybridized carbons (Fsp3) is 0.556. The summed E-state index contributed by atoms with van der Waals surface area (Å²) in [6.07, 6.45) is 3.88. The predicted octanol–water partition coefficient (Wildman–Crippen LogP) is 4.65. The number of rotatable bonds is 5. The van der Waals surface area contributed by atoms with E-state index in [9.17, 15) is 9.59 Å². The van der Waals surface area contributed by atoms with Crippen molar-refractivity contribution in [3.05, 3.63) is 28.2 Å². The van der Waals surface area contributed by atoms with Crippen LogP contribution in [0.2, 0.25) is 10.0 Å². The zero-order valence-electron chi connectivity index (χ0n) is 14.1. The fourth-order valence-corrected chi connectivity index (χ4v) is 3.20. The number of benzene rings is 1. The first-order valence-electron chi connectivity index (χ1n) is 8.47. The first-order chi connectivity index (χ1) is 11.4. The van der Waals surface area contributed by atoms with Crippen molar-refractivity contribution in [2.45, 2.75) is 52.0 Å². The van der Waals surface area contributed by atoms with Crippen molar-refractivity contribution in [3.63, 3.8) is 0 Å². The van der Waals surface area contributed by atoms with Crippen LogP contribution in [0.5, 0.6) is 0 Å². The number of nitrogens with one attached hydrogen (secondary N) is 2. The van der Waals surface area contributed by atoms with E-state index in [1.807, 2.05) is 6.92 Å². The van der Waals surface area contributed by atoms with Crippen LogP contribution in [0.1, 0.15) is 46.0 Å². The van der Waals surface area contributed by atoms with Gasteiger partial charge in [-0.2, -0.15) is 0 Å². The maximum absolute atomic E-state index is 12.4. The number of anilines is 1. The Morgan fingerprint density at radius 3 is 2.21 bits per heavy atom. The van der Waals surface area contributed by atoms with E-state index >= 15 is 0 Å². The third-order valence-corrected chi connectivity index (χ3v) is 5.40. The molecule has 24 heavy (non-hydrogen) atoms. The van der Waals surface area contributed by atoms with Crippen LogP contribution in [0, 0.1) is 11.8 Å². The second-order valence-electron chi connectivity index (χ2n) is 6.48. The highest BCUT2D eigenvalue weighted by molar-refractivity contribution is 6.42. The third-order valence-electron chi connectivity index (χ3n) is 4.66. The van der Waals surface area contributed by atoms with E-state index in [2.05, 4.69) is 17.6 Å². The SMILES string of the molecule is CCC(C)NC(=O)C1CCC(C(=O)Nc2ccc(Cl)c(Cl)c2)CC1. The Balaban J connectivity index is 1.84. The Kier molecular flexibility index (Phi) is 6.93. The van der Waals surface area contributed by atoms with Gasteiger partial charge < -0.3 is 10.6 Å². The third kappa shape index (κ3) is 5.12. The first-order valence-corrected chi connectivity index (χ1v) is 9.22. The molecule has 1 unspecified atom stereocenters. The molecule has 0 bridgehead atoms. The molecule has 0 aliphatic heterocycles. The first kappa shape index (κ1) is 19.1. The summed E-state index contributed by atoms with van der Waals surface area (Å²) in [4.78, 5) is 24.5. The van der Waals surface area contributed by atoms with Gasteiger partial charge in [-0.3, -0.25) is 9.59 Å². The second-order valence-corrected chi connectivity index (χ2v) is 7.30. The van der Waals surface area contributed by atoms with E-state index in [4.69, 9.17) is 23.2 Å². The predicted molar refractivity (Wildman–Crippen MR) is 98.4 cm³/mol. The van der Waals surface area contributed by atoms with Crippen LogP contribution in [0.4, 0.5) is 5.69 Å². The van der Waals surface area contributed by atoms with Gasteiger partial charge in [0.25, 0.3) is 0 Å². The van der Waals surface area contributed by atoms with Crippen molar-refractivity contribution < 1.29 is 9.59 Å². The molecule has 6 heteroatoms. The number of hydrogen-bond donors (Lipinski definition) is 2. The summed E-state index contributed by atoms with van der Waals surface area (Å²) in [5.41, 5.74) is 0.644. The number of halogens is 2. The van der Waals surface area contributed by atoms with Gasteiger partial charge in [-0.1, -0.05) is 30.1 Å². The van der Waals surface area contributed by atoms with Gasteiger partial charge in [-0.25, -0.2) is 0 Å². The molecule has 1 aromatic carbocycles. The maximum Gasteiger partial charge on any atom is 0.227 e. The molecule has 1 atom stereocenters. The van der Waals surface area contributed by atoms with E-state index < -0.39 is 0 Å². The normalized spacial score (nSPS) is 21.8. The lowest BCUT2D eigenvalue weighted by Crippen LogP contribution is -2.39. The lowest BCUT2D eigenvalue weighted by Gasteiger charge is -2.28. The van der Waals surface area contributed by atoms with Gasteiger partial charge in [0.2, 0.25) is 11.8 Å². The van der Waals surface area contributed by atoms with Gasteiger partial charge in [0.1, 0.15) is 0 Å². The van der Waals surface area contributed by atoms with Gasteiger partial charge in [0.05, 0.1) is 10.0 Å². The molecule has 1 saturated carbocycles. The van der Waals surface area contributed by atoms with Crippen LogP contribution in [0.15, 0.2) is 18.2 Å². The molecule has 2 amide bonds.